The molecule has 0 radical (unpaired) electrons. The van der Waals surface area contributed by atoms with Gasteiger partial charge >= 0.3 is 0 Å². The number of carbonyl (C=O) groups is 2. The van der Waals surface area contributed by atoms with E-state index in [1.807, 2.05) is 18.2 Å². The van der Waals surface area contributed by atoms with Crippen LogP contribution in [0.2, 0.25) is 0 Å². The lowest BCUT2D eigenvalue weighted by Crippen LogP contribution is -2.23. The second-order valence-corrected chi connectivity index (χ2v) is 6.16. The number of rotatable bonds is 6. The first-order valence-electron chi connectivity index (χ1n) is 8.28. The first-order chi connectivity index (χ1) is 11.6. The number of benzene rings is 2. The summed E-state index contributed by atoms with van der Waals surface area (Å²) in [6.07, 6.45) is 3.65. The average Bonchev–Trinajstić information content (AvgIpc) is 3.06. The maximum Gasteiger partial charge on any atom is 0.220 e. The number of amides is 1. The molecule has 4 heteroatoms. The van der Waals surface area contributed by atoms with E-state index < -0.39 is 0 Å². The van der Waals surface area contributed by atoms with Gasteiger partial charge in [-0.15, -0.1) is 0 Å². The zero-order valence-corrected chi connectivity index (χ0v) is 13.5. The molecule has 0 aromatic heterocycles. The molecule has 3 nitrogen and oxygen atoms in total. The third-order valence-corrected chi connectivity index (χ3v) is 4.40. The van der Waals surface area contributed by atoms with Crippen molar-refractivity contribution < 1.29 is 14.0 Å². The van der Waals surface area contributed by atoms with Crippen LogP contribution in [0.1, 0.15) is 46.3 Å². The number of hydrogen-bond donors (Lipinski definition) is 1. The number of fused-ring (bicyclic) bond motifs is 1. The van der Waals surface area contributed by atoms with Crippen molar-refractivity contribution in [1.29, 1.82) is 0 Å². The largest absolute Gasteiger partial charge is 0.352 e. The van der Waals surface area contributed by atoms with Crippen molar-refractivity contribution >= 4 is 11.7 Å². The molecule has 2 aromatic rings. The standard InChI is InChI=1S/C20H20FNO2/c21-18-8-4-14(5-9-18)13-22-20(24)11-10-19(23)17-7-6-15-2-1-3-16(15)12-17/h4-9,12H,1-3,10-11,13H2,(H,22,24). The number of halogens is 1. The molecule has 3 rings (SSSR count). The fourth-order valence-corrected chi connectivity index (χ4v) is 3.01. The van der Waals surface area contributed by atoms with E-state index in [0.717, 1.165) is 24.8 Å². The molecular weight excluding hydrogens is 305 g/mol. The Bertz CT molecular complexity index is 753. The van der Waals surface area contributed by atoms with E-state index in [1.54, 1.807) is 12.1 Å². The molecule has 1 N–H and O–H groups in total. The van der Waals surface area contributed by atoms with Crippen LogP contribution in [0.4, 0.5) is 4.39 Å². The number of hydrogen-bond acceptors (Lipinski definition) is 2. The molecule has 0 unspecified atom stereocenters. The van der Waals surface area contributed by atoms with Crippen LogP contribution in [-0.2, 0) is 24.2 Å². The SMILES string of the molecule is O=C(CCC(=O)c1ccc2c(c1)CCC2)NCc1ccc(F)cc1. The van der Waals surface area contributed by atoms with E-state index in [1.165, 1.54) is 23.3 Å². The minimum Gasteiger partial charge on any atom is -0.352 e. The quantitative estimate of drug-likeness (QED) is 0.825. The predicted molar refractivity (Wildman–Crippen MR) is 90.3 cm³/mol. The van der Waals surface area contributed by atoms with Crippen LogP contribution in [0.3, 0.4) is 0 Å². The van der Waals surface area contributed by atoms with Gasteiger partial charge in [-0.05, 0) is 54.2 Å². The third kappa shape index (κ3) is 4.07. The first kappa shape index (κ1) is 16.4. The molecule has 0 aliphatic heterocycles. The fraction of sp³-hybridized carbons (Fsp3) is 0.300. The summed E-state index contributed by atoms with van der Waals surface area (Å²) in [6, 6.07) is 11.8. The van der Waals surface area contributed by atoms with Crippen LogP contribution in [0.15, 0.2) is 42.5 Å². The van der Waals surface area contributed by atoms with Gasteiger partial charge in [-0.25, -0.2) is 4.39 Å². The lowest BCUT2D eigenvalue weighted by molar-refractivity contribution is -0.121. The highest BCUT2D eigenvalue weighted by Gasteiger charge is 2.14. The van der Waals surface area contributed by atoms with Gasteiger partial charge in [-0.1, -0.05) is 24.3 Å². The van der Waals surface area contributed by atoms with Crippen LogP contribution in [0.25, 0.3) is 0 Å². The Morgan fingerprint density at radius 2 is 1.71 bits per heavy atom. The molecular formula is C20H20FNO2. The second-order valence-electron chi connectivity index (χ2n) is 6.16. The van der Waals surface area contributed by atoms with Crippen LogP contribution in [0.5, 0.6) is 0 Å². The summed E-state index contributed by atoms with van der Waals surface area (Å²) in [5, 5.41) is 2.75. The Morgan fingerprint density at radius 3 is 2.50 bits per heavy atom. The van der Waals surface area contributed by atoms with Crippen molar-refractivity contribution in [3.8, 4) is 0 Å². The van der Waals surface area contributed by atoms with Crippen LogP contribution < -0.4 is 5.32 Å². The zero-order valence-electron chi connectivity index (χ0n) is 13.5. The van der Waals surface area contributed by atoms with Crippen LogP contribution >= 0.6 is 0 Å². The summed E-state index contributed by atoms with van der Waals surface area (Å²) in [6.45, 7) is 0.339. The van der Waals surface area contributed by atoms with Gasteiger partial charge < -0.3 is 5.32 Å². The number of Topliss-reactive ketones (excluding diaryl/α,β-unsaturated/α-hetero) is 1. The molecule has 1 aliphatic rings. The van der Waals surface area contributed by atoms with Gasteiger partial charge in [-0.3, -0.25) is 9.59 Å². The molecule has 2 aromatic carbocycles. The molecule has 0 spiro atoms. The highest BCUT2D eigenvalue weighted by Crippen LogP contribution is 2.23. The van der Waals surface area contributed by atoms with E-state index in [0.29, 0.717) is 12.1 Å². The van der Waals surface area contributed by atoms with Crippen molar-refractivity contribution in [2.75, 3.05) is 0 Å². The number of aryl methyl sites for hydroxylation is 2. The first-order valence-corrected chi connectivity index (χ1v) is 8.28. The Labute approximate surface area is 140 Å². The van der Waals surface area contributed by atoms with E-state index >= 15 is 0 Å². The maximum absolute atomic E-state index is 12.8. The zero-order chi connectivity index (χ0) is 16.9. The molecule has 24 heavy (non-hydrogen) atoms. The summed E-state index contributed by atoms with van der Waals surface area (Å²) in [7, 11) is 0. The van der Waals surface area contributed by atoms with E-state index in [4.69, 9.17) is 0 Å². The van der Waals surface area contributed by atoms with Gasteiger partial charge in [0.05, 0.1) is 0 Å². The van der Waals surface area contributed by atoms with Gasteiger partial charge in [0.25, 0.3) is 0 Å². The predicted octanol–water partition coefficient (Wildman–Crippen LogP) is 3.59. The molecule has 124 valence electrons. The van der Waals surface area contributed by atoms with Gasteiger partial charge in [0, 0.05) is 24.9 Å². The molecule has 0 atom stereocenters. The lowest BCUT2D eigenvalue weighted by Gasteiger charge is -2.06. The van der Waals surface area contributed by atoms with Crippen molar-refractivity contribution in [1.82, 2.24) is 5.32 Å². The molecule has 0 fully saturated rings. The summed E-state index contributed by atoms with van der Waals surface area (Å²) in [5.74, 6) is -0.472. The number of ketones is 1. The minimum absolute atomic E-state index is 0.00151. The summed E-state index contributed by atoms with van der Waals surface area (Å²) < 4.78 is 12.8. The average molecular weight is 325 g/mol. The minimum atomic E-state index is -0.301. The monoisotopic (exact) mass is 325 g/mol. The summed E-state index contributed by atoms with van der Waals surface area (Å²) >= 11 is 0. The molecule has 0 saturated heterocycles. The van der Waals surface area contributed by atoms with Crippen LogP contribution in [-0.4, -0.2) is 11.7 Å². The Balaban J connectivity index is 1.47. The molecule has 1 aliphatic carbocycles. The fourth-order valence-electron chi connectivity index (χ4n) is 3.01. The van der Waals surface area contributed by atoms with E-state index in [2.05, 4.69) is 5.32 Å². The van der Waals surface area contributed by atoms with Crippen LogP contribution in [0, 0.1) is 5.82 Å². The van der Waals surface area contributed by atoms with E-state index in [9.17, 15) is 14.0 Å². The van der Waals surface area contributed by atoms with Crippen molar-refractivity contribution in [2.45, 2.75) is 38.6 Å². The van der Waals surface area contributed by atoms with Gasteiger partial charge in [0.1, 0.15) is 5.82 Å². The number of nitrogens with one attached hydrogen (secondary N) is 1. The normalized spacial score (nSPS) is 12.7. The molecule has 0 heterocycles. The summed E-state index contributed by atoms with van der Waals surface area (Å²) in [5.41, 5.74) is 4.13. The molecule has 1 amide bonds. The highest BCUT2D eigenvalue weighted by molar-refractivity contribution is 5.98. The van der Waals surface area contributed by atoms with Gasteiger partial charge in [-0.2, -0.15) is 0 Å². The maximum atomic E-state index is 12.8. The highest BCUT2D eigenvalue weighted by atomic mass is 19.1. The van der Waals surface area contributed by atoms with Crippen molar-refractivity contribution in [2.24, 2.45) is 0 Å². The smallest absolute Gasteiger partial charge is 0.220 e. The number of carbonyl (C=O) groups excluding carboxylic acids is 2. The summed E-state index contributed by atoms with van der Waals surface area (Å²) in [4.78, 5) is 24.1. The van der Waals surface area contributed by atoms with Gasteiger partial charge in [0.2, 0.25) is 5.91 Å². The lowest BCUT2D eigenvalue weighted by atomic mass is 10.0. The van der Waals surface area contributed by atoms with Crippen molar-refractivity contribution in [3.05, 3.63) is 70.5 Å². The molecule has 0 saturated carbocycles. The Hall–Kier alpha value is -2.49. The Morgan fingerprint density at radius 1 is 0.958 bits per heavy atom. The van der Waals surface area contributed by atoms with Gasteiger partial charge in [0.15, 0.2) is 5.78 Å². The Kier molecular flexibility index (Phi) is 5.04. The van der Waals surface area contributed by atoms with E-state index in [-0.39, 0.29) is 30.3 Å². The van der Waals surface area contributed by atoms with Crippen molar-refractivity contribution in [3.63, 3.8) is 0 Å². The topological polar surface area (TPSA) is 46.2 Å². The third-order valence-electron chi connectivity index (χ3n) is 4.40. The molecule has 0 bridgehead atoms. The second kappa shape index (κ2) is 7.39.